The van der Waals surface area contributed by atoms with Gasteiger partial charge in [0.2, 0.25) is 5.91 Å². The highest BCUT2D eigenvalue weighted by Crippen LogP contribution is 2.21. The number of halogens is 3. The number of carbonyl (C=O) groups excluding carboxylic acids is 1. The summed E-state index contributed by atoms with van der Waals surface area (Å²) < 4.78 is 26.5. The van der Waals surface area contributed by atoms with E-state index in [2.05, 4.69) is 10.6 Å². The molecule has 1 unspecified atom stereocenters. The van der Waals surface area contributed by atoms with Crippen molar-refractivity contribution in [2.24, 2.45) is 0 Å². The molecule has 114 valence electrons. The third-order valence-corrected chi connectivity index (χ3v) is 2.91. The van der Waals surface area contributed by atoms with Crippen molar-refractivity contribution < 1.29 is 13.6 Å². The largest absolute Gasteiger partial charge is 0.349 e. The highest BCUT2D eigenvalue weighted by atomic mass is 35.5. The zero-order chi connectivity index (χ0) is 14.3. The maximum Gasteiger partial charge on any atom is 0.220 e. The first-order chi connectivity index (χ1) is 9.08. The number of nitrogens with one attached hydrogen (secondary N) is 2. The van der Waals surface area contributed by atoms with Crippen molar-refractivity contribution in [3.63, 3.8) is 0 Å². The fourth-order valence-corrected chi connectivity index (χ4v) is 1.88. The molecule has 6 heteroatoms. The first-order valence-corrected chi connectivity index (χ1v) is 6.47. The lowest BCUT2D eigenvalue weighted by molar-refractivity contribution is -0.122. The predicted octanol–water partition coefficient (Wildman–Crippen LogP) is 2.95. The lowest BCUT2D eigenvalue weighted by Gasteiger charge is -2.18. The highest BCUT2D eigenvalue weighted by Gasteiger charge is 2.16. The number of amides is 1. The Morgan fingerprint density at radius 1 is 1.35 bits per heavy atom. The van der Waals surface area contributed by atoms with Gasteiger partial charge in [0.15, 0.2) is 0 Å². The first-order valence-electron chi connectivity index (χ1n) is 6.47. The van der Waals surface area contributed by atoms with Crippen LogP contribution in [0.1, 0.15) is 37.8 Å². The van der Waals surface area contributed by atoms with E-state index in [1.165, 1.54) is 12.1 Å². The quantitative estimate of drug-likeness (QED) is 0.761. The maximum absolute atomic E-state index is 13.6. The third-order valence-electron chi connectivity index (χ3n) is 2.91. The molecule has 2 N–H and O–H groups in total. The van der Waals surface area contributed by atoms with Gasteiger partial charge >= 0.3 is 0 Å². The molecule has 0 saturated heterocycles. The van der Waals surface area contributed by atoms with Gasteiger partial charge < -0.3 is 10.6 Å². The van der Waals surface area contributed by atoms with Gasteiger partial charge in [-0.25, -0.2) is 8.78 Å². The third kappa shape index (κ3) is 5.84. The van der Waals surface area contributed by atoms with Gasteiger partial charge in [0.05, 0.1) is 6.04 Å². The molecule has 0 heterocycles. The molecule has 0 aliphatic heterocycles. The zero-order valence-corrected chi connectivity index (χ0v) is 12.5. The minimum absolute atomic E-state index is 0. The van der Waals surface area contributed by atoms with Gasteiger partial charge in [-0.05, 0) is 32.5 Å². The summed E-state index contributed by atoms with van der Waals surface area (Å²) in [4.78, 5) is 11.7. The van der Waals surface area contributed by atoms with Crippen molar-refractivity contribution in [3.8, 4) is 0 Å². The van der Waals surface area contributed by atoms with Crippen LogP contribution in [0.3, 0.4) is 0 Å². The molecule has 1 aromatic rings. The summed E-state index contributed by atoms with van der Waals surface area (Å²) in [6.45, 7) is 2.61. The molecule has 1 amide bonds. The topological polar surface area (TPSA) is 41.1 Å². The number of hydrogen-bond acceptors (Lipinski definition) is 2. The van der Waals surface area contributed by atoms with Crippen molar-refractivity contribution in [1.29, 1.82) is 0 Å². The fraction of sp³-hybridized carbons (Fsp3) is 0.500. The summed E-state index contributed by atoms with van der Waals surface area (Å²) in [5, 5.41) is 5.73. The van der Waals surface area contributed by atoms with Gasteiger partial charge in [-0.3, -0.25) is 4.79 Å². The predicted molar refractivity (Wildman–Crippen MR) is 77.9 cm³/mol. The average molecular weight is 307 g/mol. The van der Waals surface area contributed by atoms with Crippen molar-refractivity contribution in [3.05, 3.63) is 35.4 Å². The van der Waals surface area contributed by atoms with Crippen LogP contribution in [-0.4, -0.2) is 19.5 Å². The van der Waals surface area contributed by atoms with Crippen LogP contribution in [0.25, 0.3) is 0 Å². The summed E-state index contributed by atoms with van der Waals surface area (Å²) in [6, 6.07) is 3.01. The van der Waals surface area contributed by atoms with Crippen molar-refractivity contribution in [2.75, 3.05) is 13.6 Å². The Labute approximate surface area is 124 Å². The van der Waals surface area contributed by atoms with E-state index in [9.17, 15) is 13.6 Å². The molecule has 1 aromatic carbocycles. The smallest absolute Gasteiger partial charge is 0.220 e. The van der Waals surface area contributed by atoms with Crippen LogP contribution in [0.2, 0.25) is 0 Å². The van der Waals surface area contributed by atoms with Gasteiger partial charge in [0.25, 0.3) is 0 Å². The van der Waals surface area contributed by atoms with Crippen LogP contribution in [0, 0.1) is 11.6 Å². The molecule has 0 bridgehead atoms. The van der Waals surface area contributed by atoms with Crippen LogP contribution in [0.4, 0.5) is 8.78 Å². The Kier molecular flexibility index (Phi) is 9.08. The van der Waals surface area contributed by atoms with Gasteiger partial charge in [-0.15, -0.1) is 12.4 Å². The molecule has 0 aliphatic rings. The molecular formula is C14H21ClF2N2O. The molecule has 0 spiro atoms. The van der Waals surface area contributed by atoms with E-state index in [1.54, 1.807) is 0 Å². The van der Waals surface area contributed by atoms with Crippen LogP contribution < -0.4 is 10.6 Å². The maximum atomic E-state index is 13.6. The Hall–Kier alpha value is -1.20. The molecule has 1 atom stereocenters. The van der Waals surface area contributed by atoms with E-state index < -0.39 is 17.7 Å². The lowest BCUT2D eigenvalue weighted by Crippen LogP contribution is -2.29. The van der Waals surface area contributed by atoms with Crippen LogP contribution in [0.5, 0.6) is 0 Å². The van der Waals surface area contributed by atoms with Crippen molar-refractivity contribution >= 4 is 18.3 Å². The summed E-state index contributed by atoms with van der Waals surface area (Å²) in [7, 11) is 1.82. The molecular weight excluding hydrogens is 286 g/mol. The second kappa shape index (κ2) is 9.66. The number of carbonyl (C=O) groups is 1. The van der Waals surface area contributed by atoms with Crippen molar-refractivity contribution in [1.82, 2.24) is 10.6 Å². The molecule has 0 fully saturated rings. The van der Waals surface area contributed by atoms with Crippen LogP contribution in [0.15, 0.2) is 18.2 Å². The molecule has 0 saturated carbocycles. The number of benzene rings is 1. The average Bonchev–Trinajstić information content (AvgIpc) is 2.37. The molecule has 1 rings (SSSR count). The van der Waals surface area contributed by atoms with Gasteiger partial charge in [-0.2, -0.15) is 0 Å². The summed E-state index contributed by atoms with van der Waals surface area (Å²) >= 11 is 0. The van der Waals surface area contributed by atoms with E-state index >= 15 is 0 Å². The number of hydrogen-bond donors (Lipinski definition) is 2. The molecule has 0 aliphatic carbocycles. The van der Waals surface area contributed by atoms with E-state index in [-0.39, 0.29) is 18.3 Å². The summed E-state index contributed by atoms with van der Waals surface area (Å²) in [5.41, 5.74) is 0.325. The monoisotopic (exact) mass is 306 g/mol. The second-order valence-corrected chi connectivity index (χ2v) is 4.40. The molecule has 3 nitrogen and oxygen atoms in total. The van der Waals surface area contributed by atoms with E-state index in [4.69, 9.17) is 0 Å². The van der Waals surface area contributed by atoms with Gasteiger partial charge in [0, 0.05) is 18.1 Å². The van der Waals surface area contributed by atoms with Gasteiger partial charge in [-0.1, -0.05) is 13.0 Å². The van der Waals surface area contributed by atoms with E-state index in [0.717, 1.165) is 19.0 Å². The minimum Gasteiger partial charge on any atom is -0.349 e. The lowest BCUT2D eigenvalue weighted by atomic mass is 10.0. The summed E-state index contributed by atoms with van der Waals surface area (Å²) in [5.74, 6) is -1.36. The van der Waals surface area contributed by atoms with Gasteiger partial charge in [0.1, 0.15) is 11.6 Å². The first kappa shape index (κ1) is 18.8. The fourth-order valence-electron chi connectivity index (χ4n) is 1.88. The van der Waals surface area contributed by atoms with Crippen molar-refractivity contribution in [2.45, 2.75) is 32.2 Å². The SMILES string of the molecule is CCC(NC(=O)CCCNC)c1ccc(F)cc1F.Cl. The van der Waals surface area contributed by atoms with Crippen LogP contribution in [-0.2, 0) is 4.79 Å². The molecule has 0 radical (unpaired) electrons. The van der Waals surface area contributed by atoms with E-state index in [1.807, 2.05) is 14.0 Å². The normalized spacial score (nSPS) is 11.6. The van der Waals surface area contributed by atoms with E-state index in [0.29, 0.717) is 18.4 Å². The number of rotatable bonds is 7. The Morgan fingerprint density at radius 3 is 2.60 bits per heavy atom. The Morgan fingerprint density at radius 2 is 2.05 bits per heavy atom. The second-order valence-electron chi connectivity index (χ2n) is 4.40. The highest BCUT2D eigenvalue weighted by molar-refractivity contribution is 5.85. The summed E-state index contributed by atoms with van der Waals surface area (Å²) in [6.07, 6.45) is 1.67. The molecule has 20 heavy (non-hydrogen) atoms. The van der Waals surface area contributed by atoms with Crippen LogP contribution >= 0.6 is 12.4 Å². The standard InChI is InChI=1S/C14H20F2N2O.ClH/c1-3-13(18-14(19)5-4-8-17-2)11-7-6-10(15)9-12(11)16;/h6-7,9,13,17H,3-5,8H2,1-2H3,(H,18,19);1H. The zero-order valence-electron chi connectivity index (χ0n) is 11.7. The molecule has 0 aromatic heterocycles. The minimum atomic E-state index is -0.623. The Bertz CT molecular complexity index is 430. The Balaban J connectivity index is 0.00000361.